The molecule has 0 spiro atoms. The zero-order valence-electron chi connectivity index (χ0n) is 13.0. The van der Waals surface area contributed by atoms with Crippen molar-refractivity contribution in [2.24, 2.45) is 0 Å². The Kier molecular flexibility index (Phi) is 4.62. The highest BCUT2D eigenvalue weighted by atomic mass is 16.7. The van der Waals surface area contributed by atoms with Crippen LogP contribution in [0.4, 0.5) is 4.79 Å². The molecule has 2 bridgehead atoms. The van der Waals surface area contributed by atoms with E-state index in [1.807, 2.05) is 42.5 Å². The van der Waals surface area contributed by atoms with Crippen LogP contribution in [0.25, 0.3) is 0 Å². The van der Waals surface area contributed by atoms with E-state index in [2.05, 4.69) is 5.32 Å². The van der Waals surface area contributed by atoms with E-state index in [-0.39, 0.29) is 24.7 Å². The molecule has 3 atom stereocenters. The Balaban J connectivity index is 1.48. The van der Waals surface area contributed by atoms with E-state index >= 15 is 0 Å². The van der Waals surface area contributed by atoms with Crippen LogP contribution in [0.1, 0.15) is 25.3 Å². The van der Waals surface area contributed by atoms with E-state index in [0.29, 0.717) is 0 Å². The van der Waals surface area contributed by atoms with E-state index in [9.17, 15) is 9.59 Å². The van der Waals surface area contributed by atoms with Crippen LogP contribution in [0.5, 0.6) is 0 Å². The van der Waals surface area contributed by atoms with Gasteiger partial charge >= 0.3 is 6.09 Å². The zero-order valence-corrected chi connectivity index (χ0v) is 13.0. The summed E-state index contributed by atoms with van der Waals surface area (Å²) >= 11 is 0. The number of nitrogens with zero attached hydrogens (tertiary/aromatic N) is 1. The molecule has 0 radical (unpaired) electrons. The molecule has 6 nitrogen and oxygen atoms in total. The van der Waals surface area contributed by atoms with Gasteiger partial charge in [-0.2, -0.15) is 0 Å². The monoisotopic (exact) mass is 316 g/mol. The minimum Gasteiger partial charge on any atom is -0.445 e. The molecule has 1 saturated heterocycles. The summed E-state index contributed by atoms with van der Waals surface area (Å²) in [6.45, 7) is 1.79. The highest BCUT2D eigenvalue weighted by Gasteiger charge is 2.36. The number of carbonyl (C=O) groups excluding carboxylic acids is 2. The molecular weight excluding hydrogens is 296 g/mol. The summed E-state index contributed by atoms with van der Waals surface area (Å²) in [5, 5.41) is 3.92. The van der Waals surface area contributed by atoms with Gasteiger partial charge in [-0.1, -0.05) is 42.5 Å². The maximum atomic E-state index is 12.4. The standard InChI is InChI=1S/C17H20N2O4/c1-12(16(20)19-14-7-9-15(23-19)10-8-14)18-17(21)22-11-13-5-3-2-4-6-13/h2-7,9,12,14-15H,8,10-11H2,1H3,(H,18,21)/t12-,14+,15-/m1/s1. The van der Waals surface area contributed by atoms with Crippen molar-refractivity contribution in [2.45, 2.75) is 44.6 Å². The molecule has 2 heterocycles. The smallest absolute Gasteiger partial charge is 0.408 e. The number of hydroxylamine groups is 2. The maximum Gasteiger partial charge on any atom is 0.408 e. The Bertz CT molecular complexity index is 602. The molecule has 1 aliphatic carbocycles. The van der Waals surface area contributed by atoms with Gasteiger partial charge in [-0.25, -0.2) is 9.86 Å². The normalized spacial score (nSPS) is 23.4. The minimum absolute atomic E-state index is 0.0406. The van der Waals surface area contributed by atoms with Crippen molar-refractivity contribution >= 4 is 12.0 Å². The summed E-state index contributed by atoms with van der Waals surface area (Å²) in [5.41, 5.74) is 0.892. The highest BCUT2D eigenvalue weighted by Crippen LogP contribution is 2.27. The number of benzene rings is 1. The number of amides is 2. The molecule has 3 aliphatic rings. The first-order chi connectivity index (χ1) is 11.1. The van der Waals surface area contributed by atoms with Gasteiger partial charge in [0.15, 0.2) is 0 Å². The lowest BCUT2D eigenvalue weighted by atomic mass is 9.98. The summed E-state index contributed by atoms with van der Waals surface area (Å²) in [5.74, 6) is -0.263. The molecule has 1 aromatic carbocycles. The Morgan fingerprint density at radius 1 is 1.30 bits per heavy atom. The number of hydrogen-bond donors (Lipinski definition) is 1. The predicted molar refractivity (Wildman–Crippen MR) is 83.1 cm³/mol. The lowest BCUT2D eigenvalue weighted by molar-refractivity contribution is -0.231. The Hall–Kier alpha value is -2.34. The van der Waals surface area contributed by atoms with Gasteiger partial charge in [0.1, 0.15) is 18.8 Å². The fourth-order valence-electron chi connectivity index (χ4n) is 2.70. The molecule has 6 heteroatoms. The number of rotatable bonds is 4. The number of alkyl carbamates (subject to hydrolysis) is 1. The van der Waals surface area contributed by atoms with Gasteiger partial charge in [0.2, 0.25) is 0 Å². The van der Waals surface area contributed by atoms with Crippen LogP contribution < -0.4 is 5.32 Å². The molecule has 0 saturated carbocycles. The van der Waals surface area contributed by atoms with E-state index < -0.39 is 12.1 Å². The van der Waals surface area contributed by atoms with E-state index in [1.165, 1.54) is 5.06 Å². The number of hydrogen-bond acceptors (Lipinski definition) is 4. The first-order valence-electron chi connectivity index (χ1n) is 7.79. The van der Waals surface area contributed by atoms with Crippen molar-refractivity contribution in [2.75, 3.05) is 0 Å². The summed E-state index contributed by atoms with van der Waals surface area (Å²) < 4.78 is 5.12. The molecule has 122 valence electrons. The summed E-state index contributed by atoms with van der Waals surface area (Å²) in [7, 11) is 0. The van der Waals surface area contributed by atoms with Gasteiger partial charge in [-0.05, 0) is 25.3 Å². The third-order valence-corrected chi connectivity index (χ3v) is 3.98. The summed E-state index contributed by atoms with van der Waals surface area (Å²) in [6.07, 6.45) is 5.11. The summed E-state index contributed by atoms with van der Waals surface area (Å²) in [4.78, 5) is 29.8. The van der Waals surface area contributed by atoms with Crippen LogP contribution in [0, 0.1) is 0 Å². The SMILES string of the molecule is C[C@@H](NC(=O)OCc1ccccc1)C(=O)N1O[C@@H]2C=C[C@H]1CC2. The van der Waals surface area contributed by atoms with Crippen molar-refractivity contribution in [3.63, 3.8) is 0 Å². The number of fused-ring (bicyclic) bond motifs is 2. The third kappa shape index (κ3) is 3.71. The van der Waals surface area contributed by atoms with Crippen molar-refractivity contribution in [1.29, 1.82) is 0 Å². The first-order valence-corrected chi connectivity index (χ1v) is 7.79. The lowest BCUT2D eigenvalue weighted by Gasteiger charge is -2.41. The second kappa shape index (κ2) is 6.83. The van der Waals surface area contributed by atoms with Gasteiger partial charge in [-0.3, -0.25) is 9.63 Å². The quantitative estimate of drug-likeness (QED) is 0.864. The van der Waals surface area contributed by atoms with Crippen molar-refractivity contribution < 1.29 is 19.2 Å². The lowest BCUT2D eigenvalue weighted by Crippen LogP contribution is -2.54. The second-order valence-electron chi connectivity index (χ2n) is 5.77. The van der Waals surface area contributed by atoms with Crippen molar-refractivity contribution in [3.8, 4) is 0 Å². The minimum atomic E-state index is -0.703. The van der Waals surface area contributed by atoms with Gasteiger partial charge < -0.3 is 10.1 Å². The van der Waals surface area contributed by atoms with Gasteiger partial charge in [0.05, 0.1) is 6.04 Å². The molecular formula is C17H20N2O4. The van der Waals surface area contributed by atoms with Crippen molar-refractivity contribution in [3.05, 3.63) is 48.0 Å². The second-order valence-corrected chi connectivity index (χ2v) is 5.77. The fraction of sp³-hybridized carbons (Fsp3) is 0.412. The highest BCUT2D eigenvalue weighted by molar-refractivity contribution is 5.85. The fourth-order valence-corrected chi connectivity index (χ4v) is 2.70. The van der Waals surface area contributed by atoms with E-state index in [1.54, 1.807) is 6.92 Å². The average Bonchev–Trinajstić information content (AvgIpc) is 2.61. The van der Waals surface area contributed by atoms with Crippen LogP contribution in [0.15, 0.2) is 42.5 Å². The Labute approximate surface area is 135 Å². The first kappa shape index (κ1) is 15.6. The molecule has 1 aromatic rings. The van der Waals surface area contributed by atoms with Gasteiger partial charge in [0, 0.05) is 0 Å². The van der Waals surface area contributed by atoms with Crippen LogP contribution in [0.2, 0.25) is 0 Å². The van der Waals surface area contributed by atoms with Crippen LogP contribution in [0.3, 0.4) is 0 Å². The van der Waals surface area contributed by atoms with E-state index in [0.717, 1.165) is 18.4 Å². The van der Waals surface area contributed by atoms with Crippen LogP contribution in [-0.4, -0.2) is 35.3 Å². The largest absolute Gasteiger partial charge is 0.445 e. The molecule has 0 aromatic heterocycles. The molecule has 4 rings (SSSR count). The molecule has 2 amide bonds. The van der Waals surface area contributed by atoms with Crippen LogP contribution in [-0.2, 0) is 21.0 Å². The molecule has 0 unspecified atom stereocenters. The number of ether oxygens (including phenoxy) is 1. The molecule has 1 N–H and O–H groups in total. The summed E-state index contributed by atoms with van der Waals surface area (Å²) in [6, 6.07) is 8.63. The molecule has 23 heavy (non-hydrogen) atoms. The van der Waals surface area contributed by atoms with Crippen molar-refractivity contribution in [1.82, 2.24) is 10.4 Å². The zero-order chi connectivity index (χ0) is 16.2. The topological polar surface area (TPSA) is 67.9 Å². The van der Waals surface area contributed by atoms with Gasteiger partial charge in [0.25, 0.3) is 5.91 Å². The van der Waals surface area contributed by atoms with Gasteiger partial charge in [-0.15, -0.1) is 0 Å². The third-order valence-electron chi connectivity index (χ3n) is 3.98. The maximum absolute atomic E-state index is 12.4. The number of nitrogens with one attached hydrogen (secondary N) is 1. The predicted octanol–water partition coefficient (Wildman–Crippen LogP) is 2.16. The average molecular weight is 316 g/mol. The molecule has 2 aliphatic heterocycles. The number of carbonyl (C=O) groups is 2. The van der Waals surface area contributed by atoms with Crippen LogP contribution >= 0.6 is 0 Å². The Morgan fingerprint density at radius 3 is 2.70 bits per heavy atom. The molecule has 1 fully saturated rings. The Morgan fingerprint density at radius 2 is 2.09 bits per heavy atom. The van der Waals surface area contributed by atoms with E-state index in [4.69, 9.17) is 9.57 Å².